The lowest BCUT2D eigenvalue weighted by Gasteiger charge is -2.29. The molecule has 1 aliphatic heterocycles. The van der Waals surface area contributed by atoms with E-state index in [0.717, 1.165) is 12.0 Å². The number of nitrogens with zero attached hydrogens (tertiary/aromatic N) is 2. The van der Waals surface area contributed by atoms with E-state index in [4.69, 9.17) is 4.74 Å². The number of carbonyl (C=O) groups is 3. The molecule has 0 aromatic carbocycles. The third-order valence-electron chi connectivity index (χ3n) is 5.00. The number of carbonyl (C=O) groups excluding carboxylic acids is 3. The first kappa shape index (κ1) is 33.3. The third-order valence-corrected chi connectivity index (χ3v) is 5.00. The summed E-state index contributed by atoms with van der Waals surface area (Å²) in [5, 5.41) is 2.34. The van der Waals surface area contributed by atoms with E-state index in [1.165, 1.54) is 37.3 Å². The van der Waals surface area contributed by atoms with Gasteiger partial charge in [-0.05, 0) is 65.5 Å². The molecule has 0 aliphatic carbocycles. The van der Waals surface area contributed by atoms with Gasteiger partial charge in [-0.3, -0.25) is 9.59 Å². The van der Waals surface area contributed by atoms with Crippen molar-refractivity contribution in [1.82, 2.24) is 15.1 Å². The van der Waals surface area contributed by atoms with Gasteiger partial charge in [0.15, 0.2) is 0 Å². The molecule has 0 saturated carbocycles. The van der Waals surface area contributed by atoms with E-state index in [9.17, 15) is 14.4 Å². The lowest BCUT2D eigenvalue weighted by Crippen LogP contribution is -2.43. The van der Waals surface area contributed by atoms with E-state index in [-0.39, 0.29) is 30.4 Å². The fourth-order valence-corrected chi connectivity index (χ4v) is 3.18. The third kappa shape index (κ3) is 17.3. The van der Waals surface area contributed by atoms with Crippen molar-refractivity contribution in [3.05, 3.63) is 11.6 Å². The van der Waals surface area contributed by atoms with Crippen LogP contribution >= 0.6 is 0 Å². The second-order valence-corrected chi connectivity index (χ2v) is 9.73. The van der Waals surface area contributed by atoms with Gasteiger partial charge in [0.2, 0.25) is 12.3 Å². The van der Waals surface area contributed by atoms with Gasteiger partial charge in [0.1, 0.15) is 0 Å². The fraction of sp³-hybridized carbons (Fsp3) is 0.808. The summed E-state index contributed by atoms with van der Waals surface area (Å²) in [6, 6.07) is 0.533. The van der Waals surface area contributed by atoms with Crippen molar-refractivity contribution >= 4 is 18.3 Å². The number of hydrogen-bond donors (Lipinski definition) is 1. The Morgan fingerprint density at radius 2 is 1.55 bits per heavy atom. The first-order valence-corrected chi connectivity index (χ1v) is 12.4. The van der Waals surface area contributed by atoms with Gasteiger partial charge in [0.05, 0.1) is 19.2 Å². The van der Waals surface area contributed by atoms with Crippen LogP contribution in [-0.2, 0) is 19.1 Å². The molecule has 2 amide bonds. The lowest BCUT2D eigenvalue weighted by molar-refractivity contribution is -0.138. The van der Waals surface area contributed by atoms with Crippen molar-refractivity contribution < 1.29 is 19.1 Å². The molecule has 1 N–H and O–H groups in total. The van der Waals surface area contributed by atoms with E-state index in [2.05, 4.69) is 44.8 Å². The molecule has 0 radical (unpaired) electrons. The highest BCUT2D eigenvalue weighted by molar-refractivity contribution is 5.88. The van der Waals surface area contributed by atoms with Gasteiger partial charge in [-0.1, -0.05) is 47.1 Å². The molecule has 1 atom stereocenters. The zero-order valence-corrected chi connectivity index (χ0v) is 22.9. The molecular weight excluding hydrogens is 418 g/mol. The first-order valence-electron chi connectivity index (χ1n) is 12.4. The molecule has 33 heavy (non-hydrogen) atoms. The highest BCUT2D eigenvalue weighted by Gasteiger charge is 2.22. The van der Waals surface area contributed by atoms with Crippen LogP contribution in [0.2, 0.25) is 0 Å². The largest absolute Gasteiger partial charge is 0.463 e. The lowest BCUT2D eigenvalue weighted by atomic mass is 10.00. The molecule has 1 aliphatic rings. The van der Waals surface area contributed by atoms with E-state index in [1.54, 1.807) is 27.0 Å². The molecule has 0 spiro atoms. The van der Waals surface area contributed by atoms with Crippen LogP contribution in [0.1, 0.15) is 81.6 Å². The number of esters is 1. The van der Waals surface area contributed by atoms with Gasteiger partial charge < -0.3 is 19.9 Å². The monoisotopic (exact) mass is 469 g/mol. The van der Waals surface area contributed by atoms with Crippen molar-refractivity contribution in [3.8, 4) is 0 Å². The molecule has 0 aromatic rings. The van der Waals surface area contributed by atoms with E-state index in [0.29, 0.717) is 18.6 Å². The highest BCUT2D eigenvalue weighted by atomic mass is 16.5. The second-order valence-electron chi connectivity index (χ2n) is 9.73. The summed E-state index contributed by atoms with van der Waals surface area (Å²) in [7, 11) is 1.65. The molecule has 1 saturated heterocycles. The summed E-state index contributed by atoms with van der Waals surface area (Å²) < 4.78 is 4.92. The number of likely N-dealkylation sites (tertiary alicyclic amines) is 1. The molecule has 1 rings (SSSR count). The Kier molecular flexibility index (Phi) is 19.7. The van der Waals surface area contributed by atoms with E-state index < -0.39 is 0 Å². The Bertz CT molecular complexity index is 565. The standard InChI is InChI=1S/C14H24N2O4.C8H17N.C4H10/c1-6-20-14(19)11(4)7-12(10(2)3)16(5)13(18)8-15-9-17;1-8(2)9-6-4-3-5-7-9;1-4(2)3/h7,9-10,12H,6,8H2,1-5H3,(H,15,17);8H,3-7H2,1-2H3;4H,1-3H3/b11-7+;;/t12-;;/m1../s1. The predicted octanol–water partition coefficient (Wildman–Crippen LogP) is 4.27. The maximum absolute atomic E-state index is 11.9. The van der Waals surface area contributed by atoms with Crippen LogP contribution in [0.5, 0.6) is 0 Å². The minimum atomic E-state index is -0.384. The summed E-state index contributed by atoms with van der Waals surface area (Å²) in [6.07, 6.45) is 6.48. The average molecular weight is 470 g/mol. The van der Waals surface area contributed by atoms with E-state index in [1.807, 2.05) is 13.8 Å². The fourth-order valence-electron chi connectivity index (χ4n) is 3.18. The van der Waals surface area contributed by atoms with Crippen LogP contribution in [-0.4, -0.2) is 73.5 Å². The van der Waals surface area contributed by atoms with Crippen molar-refractivity contribution in [3.63, 3.8) is 0 Å². The van der Waals surface area contributed by atoms with Crippen molar-refractivity contribution in [2.24, 2.45) is 11.8 Å². The quantitative estimate of drug-likeness (QED) is 0.310. The Hall–Kier alpha value is -1.89. The highest BCUT2D eigenvalue weighted by Crippen LogP contribution is 2.14. The summed E-state index contributed by atoms with van der Waals surface area (Å²) in [5.41, 5.74) is 0.466. The Morgan fingerprint density at radius 1 is 1.03 bits per heavy atom. The number of nitrogens with one attached hydrogen (secondary N) is 1. The summed E-state index contributed by atoms with van der Waals surface area (Å²) >= 11 is 0. The van der Waals surface area contributed by atoms with Crippen LogP contribution in [0.15, 0.2) is 11.6 Å². The Labute approximate surface area is 203 Å². The molecule has 7 heteroatoms. The summed E-state index contributed by atoms with van der Waals surface area (Å²) in [6.45, 7) is 21.3. The molecule has 0 unspecified atom stereocenters. The van der Waals surface area contributed by atoms with Gasteiger partial charge in [-0.15, -0.1) is 0 Å². The zero-order chi connectivity index (χ0) is 26.0. The molecule has 1 heterocycles. The maximum Gasteiger partial charge on any atom is 0.333 e. The zero-order valence-electron chi connectivity index (χ0n) is 22.9. The van der Waals surface area contributed by atoms with Crippen LogP contribution in [0.3, 0.4) is 0 Å². The number of likely N-dealkylation sites (N-methyl/N-ethyl adjacent to an activating group) is 1. The van der Waals surface area contributed by atoms with Crippen LogP contribution in [0.25, 0.3) is 0 Å². The first-order chi connectivity index (χ1) is 15.4. The molecule has 7 nitrogen and oxygen atoms in total. The molecule has 0 aromatic heterocycles. The van der Waals surface area contributed by atoms with Crippen molar-refractivity contribution in [2.75, 3.05) is 33.3 Å². The number of ether oxygens (including phenoxy) is 1. The molecule has 0 bridgehead atoms. The average Bonchev–Trinajstić information content (AvgIpc) is 2.75. The van der Waals surface area contributed by atoms with Gasteiger partial charge in [0.25, 0.3) is 0 Å². The number of rotatable bonds is 9. The SMILES string of the molecule is CC(C)C.CC(C)N1CCCCC1.CCOC(=O)/C(C)=C/[C@H](C(C)C)N(C)C(=O)CNC=O. The predicted molar refractivity (Wildman–Crippen MR) is 137 cm³/mol. The second kappa shape index (κ2) is 19.6. The van der Waals surface area contributed by atoms with Gasteiger partial charge in [0, 0.05) is 18.7 Å². The topological polar surface area (TPSA) is 79.0 Å². The Morgan fingerprint density at radius 3 is 1.91 bits per heavy atom. The normalized spacial score (nSPS) is 15.1. The molecule has 1 fully saturated rings. The van der Waals surface area contributed by atoms with Gasteiger partial charge in [-0.25, -0.2) is 4.79 Å². The number of amides is 2. The summed E-state index contributed by atoms with van der Waals surface area (Å²) in [4.78, 5) is 37.8. The number of hydrogen-bond acceptors (Lipinski definition) is 5. The Balaban J connectivity index is 0. The van der Waals surface area contributed by atoms with Crippen molar-refractivity contribution in [1.29, 1.82) is 0 Å². The molecular formula is C26H51N3O4. The van der Waals surface area contributed by atoms with Crippen LogP contribution in [0.4, 0.5) is 0 Å². The number of piperidine rings is 1. The van der Waals surface area contributed by atoms with Gasteiger partial charge >= 0.3 is 5.97 Å². The smallest absolute Gasteiger partial charge is 0.333 e. The minimum Gasteiger partial charge on any atom is -0.463 e. The molecule has 194 valence electrons. The van der Waals surface area contributed by atoms with Gasteiger partial charge in [-0.2, -0.15) is 0 Å². The van der Waals surface area contributed by atoms with Crippen molar-refractivity contribution in [2.45, 2.75) is 93.7 Å². The van der Waals surface area contributed by atoms with E-state index >= 15 is 0 Å². The maximum atomic E-state index is 11.9. The minimum absolute atomic E-state index is 0.0600. The summed E-state index contributed by atoms with van der Waals surface area (Å²) in [5.74, 6) is 0.360. The van der Waals surface area contributed by atoms with Crippen LogP contribution < -0.4 is 5.32 Å². The van der Waals surface area contributed by atoms with Crippen LogP contribution in [0, 0.1) is 11.8 Å².